The summed E-state index contributed by atoms with van der Waals surface area (Å²) in [5.74, 6) is 1.47. The SMILES string of the molecule is COc1cccc(CN(C)C(=O)NC(C)c2nnc3ccccn23)c1. The molecule has 0 saturated carbocycles. The molecule has 130 valence electrons. The number of carbonyl (C=O) groups is 1. The number of nitrogens with zero attached hydrogens (tertiary/aromatic N) is 4. The van der Waals surface area contributed by atoms with E-state index in [1.807, 2.05) is 60.0 Å². The minimum atomic E-state index is -0.266. The van der Waals surface area contributed by atoms with Gasteiger partial charge in [-0.1, -0.05) is 18.2 Å². The molecule has 1 atom stereocenters. The van der Waals surface area contributed by atoms with E-state index in [1.54, 1.807) is 19.1 Å². The molecule has 2 aromatic heterocycles. The Morgan fingerprint density at radius 1 is 1.28 bits per heavy atom. The number of methoxy groups -OCH3 is 1. The normalized spacial score (nSPS) is 12.0. The quantitative estimate of drug-likeness (QED) is 0.776. The Bertz CT molecular complexity index is 877. The van der Waals surface area contributed by atoms with Gasteiger partial charge in [-0.3, -0.25) is 4.40 Å². The van der Waals surface area contributed by atoms with E-state index >= 15 is 0 Å². The standard InChI is InChI=1S/C18H21N5O2/c1-13(17-21-20-16-9-4-5-10-23(16)17)19-18(24)22(2)12-14-7-6-8-15(11-14)25-3/h4-11,13H,12H2,1-3H3,(H,19,24). The summed E-state index contributed by atoms with van der Waals surface area (Å²) in [6.45, 7) is 2.37. The zero-order chi connectivity index (χ0) is 17.8. The maximum atomic E-state index is 12.5. The van der Waals surface area contributed by atoms with Crippen LogP contribution >= 0.6 is 0 Å². The fourth-order valence-corrected chi connectivity index (χ4v) is 2.63. The molecular weight excluding hydrogens is 318 g/mol. The van der Waals surface area contributed by atoms with Gasteiger partial charge < -0.3 is 15.0 Å². The first-order valence-corrected chi connectivity index (χ1v) is 8.02. The second-order valence-corrected chi connectivity index (χ2v) is 5.87. The van der Waals surface area contributed by atoms with Crippen LogP contribution in [0.3, 0.4) is 0 Å². The number of urea groups is 1. The monoisotopic (exact) mass is 339 g/mol. The minimum absolute atomic E-state index is 0.178. The molecule has 7 heteroatoms. The average molecular weight is 339 g/mol. The Labute approximate surface area is 146 Å². The van der Waals surface area contributed by atoms with E-state index in [0.717, 1.165) is 17.0 Å². The molecule has 0 aliphatic carbocycles. The zero-order valence-corrected chi connectivity index (χ0v) is 14.5. The maximum absolute atomic E-state index is 12.5. The first-order valence-electron chi connectivity index (χ1n) is 8.02. The van der Waals surface area contributed by atoms with Crippen LogP contribution in [0.5, 0.6) is 5.75 Å². The molecule has 3 rings (SSSR count). The molecule has 1 aromatic carbocycles. The van der Waals surface area contributed by atoms with Gasteiger partial charge in [-0.05, 0) is 36.8 Å². The van der Waals surface area contributed by atoms with E-state index in [0.29, 0.717) is 12.4 Å². The van der Waals surface area contributed by atoms with Crippen molar-refractivity contribution in [3.05, 3.63) is 60.0 Å². The van der Waals surface area contributed by atoms with Gasteiger partial charge in [0.05, 0.1) is 13.2 Å². The largest absolute Gasteiger partial charge is 0.497 e. The van der Waals surface area contributed by atoms with Gasteiger partial charge >= 0.3 is 6.03 Å². The number of nitrogens with one attached hydrogen (secondary N) is 1. The number of hydrogen-bond donors (Lipinski definition) is 1. The third-order valence-corrected chi connectivity index (χ3v) is 3.97. The average Bonchev–Trinajstić information content (AvgIpc) is 3.06. The number of amides is 2. The molecule has 0 saturated heterocycles. The smallest absolute Gasteiger partial charge is 0.318 e. The van der Waals surface area contributed by atoms with E-state index in [9.17, 15) is 4.79 Å². The fourth-order valence-electron chi connectivity index (χ4n) is 2.63. The molecule has 1 unspecified atom stereocenters. The van der Waals surface area contributed by atoms with Crippen molar-refractivity contribution in [2.75, 3.05) is 14.2 Å². The van der Waals surface area contributed by atoms with Crippen LogP contribution in [0.4, 0.5) is 4.79 Å². The van der Waals surface area contributed by atoms with Crippen molar-refractivity contribution in [3.63, 3.8) is 0 Å². The zero-order valence-electron chi connectivity index (χ0n) is 14.5. The van der Waals surface area contributed by atoms with Crippen LogP contribution in [0.15, 0.2) is 48.7 Å². The summed E-state index contributed by atoms with van der Waals surface area (Å²) in [7, 11) is 3.38. The summed E-state index contributed by atoms with van der Waals surface area (Å²) in [5, 5.41) is 11.2. The Balaban J connectivity index is 1.66. The molecule has 25 heavy (non-hydrogen) atoms. The van der Waals surface area contributed by atoms with Gasteiger partial charge in [0.1, 0.15) is 5.75 Å². The van der Waals surface area contributed by atoms with Crippen LogP contribution in [0.25, 0.3) is 5.65 Å². The van der Waals surface area contributed by atoms with Crippen LogP contribution in [0.1, 0.15) is 24.4 Å². The minimum Gasteiger partial charge on any atom is -0.497 e. The van der Waals surface area contributed by atoms with Crippen molar-refractivity contribution >= 4 is 11.7 Å². The van der Waals surface area contributed by atoms with Crippen LogP contribution < -0.4 is 10.1 Å². The number of aromatic nitrogens is 3. The van der Waals surface area contributed by atoms with Crippen LogP contribution in [0.2, 0.25) is 0 Å². The molecule has 2 heterocycles. The van der Waals surface area contributed by atoms with Crippen molar-refractivity contribution in [2.45, 2.75) is 19.5 Å². The third-order valence-electron chi connectivity index (χ3n) is 3.97. The third kappa shape index (κ3) is 3.71. The highest BCUT2D eigenvalue weighted by Crippen LogP contribution is 2.15. The van der Waals surface area contributed by atoms with E-state index in [2.05, 4.69) is 15.5 Å². The number of hydrogen-bond acceptors (Lipinski definition) is 4. The van der Waals surface area contributed by atoms with Crippen LogP contribution in [0, 0.1) is 0 Å². The Morgan fingerprint density at radius 2 is 2.12 bits per heavy atom. The van der Waals surface area contributed by atoms with Crippen molar-refractivity contribution in [1.82, 2.24) is 24.8 Å². The molecule has 2 amide bonds. The molecule has 0 aliphatic heterocycles. The Morgan fingerprint density at radius 3 is 2.92 bits per heavy atom. The van der Waals surface area contributed by atoms with Crippen molar-refractivity contribution in [2.24, 2.45) is 0 Å². The van der Waals surface area contributed by atoms with Crippen molar-refractivity contribution < 1.29 is 9.53 Å². The second kappa shape index (κ2) is 7.21. The molecule has 0 aliphatic rings. The highest BCUT2D eigenvalue weighted by atomic mass is 16.5. The second-order valence-electron chi connectivity index (χ2n) is 5.87. The van der Waals surface area contributed by atoms with E-state index in [1.165, 1.54) is 0 Å². The topological polar surface area (TPSA) is 71.8 Å². The number of ether oxygens (including phenoxy) is 1. The van der Waals surface area contributed by atoms with Gasteiger partial charge in [-0.2, -0.15) is 0 Å². The number of rotatable bonds is 5. The van der Waals surface area contributed by atoms with E-state index in [-0.39, 0.29) is 12.1 Å². The summed E-state index contributed by atoms with van der Waals surface area (Å²) >= 11 is 0. The summed E-state index contributed by atoms with van der Waals surface area (Å²) < 4.78 is 7.08. The molecule has 0 bridgehead atoms. The van der Waals surface area contributed by atoms with Gasteiger partial charge in [-0.15, -0.1) is 10.2 Å². The van der Waals surface area contributed by atoms with E-state index in [4.69, 9.17) is 4.74 Å². The van der Waals surface area contributed by atoms with E-state index < -0.39 is 0 Å². The lowest BCUT2D eigenvalue weighted by Gasteiger charge is -2.21. The molecule has 0 radical (unpaired) electrons. The molecule has 0 spiro atoms. The lowest BCUT2D eigenvalue weighted by molar-refractivity contribution is 0.203. The first kappa shape index (κ1) is 16.8. The first-order chi connectivity index (χ1) is 12.1. The predicted molar refractivity (Wildman–Crippen MR) is 94.4 cm³/mol. The lowest BCUT2D eigenvalue weighted by atomic mass is 10.2. The van der Waals surface area contributed by atoms with Crippen molar-refractivity contribution in [1.29, 1.82) is 0 Å². The number of pyridine rings is 1. The molecule has 1 N–H and O–H groups in total. The van der Waals surface area contributed by atoms with Crippen LogP contribution in [-0.2, 0) is 6.54 Å². The van der Waals surface area contributed by atoms with Gasteiger partial charge in [0.15, 0.2) is 11.5 Å². The number of carbonyl (C=O) groups excluding carboxylic acids is 1. The van der Waals surface area contributed by atoms with Gasteiger partial charge in [0.25, 0.3) is 0 Å². The number of benzene rings is 1. The maximum Gasteiger partial charge on any atom is 0.318 e. The van der Waals surface area contributed by atoms with Crippen molar-refractivity contribution in [3.8, 4) is 5.75 Å². The van der Waals surface area contributed by atoms with Gasteiger partial charge in [0, 0.05) is 19.8 Å². The summed E-state index contributed by atoms with van der Waals surface area (Å²) in [4.78, 5) is 14.1. The molecule has 7 nitrogen and oxygen atoms in total. The summed E-state index contributed by atoms with van der Waals surface area (Å²) in [5.41, 5.74) is 1.75. The van der Waals surface area contributed by atoms with Gasteiger partial charge in [-0.25, -0.2) is 4.79 Å². The fraction of sp³-hybridized carbons (Fsp3) is 0.278. The Kier molecular flexibility index (Phi) is 4.83. The highest BCUT2D eigenvalue weighted by molar-refractivity contribution is 5.74. The summed E-state index contributed by atoms with van der Waals surface area (Å²) in [6, 6.07) is 12.9. The predicted octanol–water partition coefficient (Wildman–Crippen LogP) is 2.64. The molecule has 0 fully saturated rings. The number of fused-ring (bicyclic) bond motifs is 1. The molecular formula is C18H21N5O2. The van der Waals surface area contributed by atoms with Crippen LogP contribution in [-0.4, -0.2) is 39.7 Å². The molecule has 3 aromatic rings. The highest BCUT2D eigenvalue weighted by Gasteiger charge is 2.18. The summed E-state index contributed by atoms with van der Waals surface area (Å²) in [6.07, 6.45) is 1.88. The lowest BCUT2D eigenvalue weighted by Crippen LogP contribution is -2.38. The Hall–Kier alpha value is -3.09. The van der Waals surface area contributed by atoms with Gasteiger partial charge in [0.2, 0.25) is 0 Å².